The maximum absolute atomic E-state index is 13.7. The number of carbonyl (C=O) groups excluding carboxylic acids is 3. The molecule has 33 heavy (non-hydrogen) atoms. The molecule has 0 aliphatic carbocycles. The molecule has 11 heteroatoms. The van der Waals surface area contributed by atoms with Crippen molar-refractivity contribution in [2.45, 2.75) is 0 Å². The van der Waals surface area contributed by atoms with Crippen molar-refractivity contribution < 1.29 is 27.6 Å². The summed E-state index contributed by atoms with van der Waals surface area (Å²) >= 11 is 12.8. The summed E-state index contributed by atoms with van der Waals surface area (Å²) in [5, 5.41) is 2.19. The Kier molecular flexibility index (Phi) is 6.55. The highest BCUT2D eigenvalue weighted by atomic mass is 35.5. The van der Waals surface area contributed by atoms with E-state index >= 15 is 0 Å². The molecule has 0 bridgehead atoms. The lowest BCUT2D eigenvalue weighted by molar-refractivity contribution is -0.127. The van der Waals surface area contributed by atoms with E-state index in [0.717, 1.165) is 12.1 Å². The first kappa shape index (κ1) is 23.0. The summed E-state index contributed by atoms with van der Waals surface area (Å²) in [6, 6.07) is 10.9. The first-order valence-corrected chi connectivity index (χ1v) is 10.8. The zero-order valence-electron chi connectivity index (χ0n) is 16.4. The average molecular weight is 509 g/mol. The van der Waals surface area contributed by atoms with E-state index in [-0.39, 0.29) is 16.4 Å². The summed E-state index contributed by atoms with van der Waals surface area (Å²) in [4.78, 5) is 37.8. The van der Waals surface area contributed by atoms with Gasteiger partial charge in [0.25, 0.3) is 11.1 Å². The van der Waals surface area contributed by atoms with Gasteiger partial charge in [-0.15, -0.1) is 0 Å². The van der Waals surface area contributed by atoms with Gasteiger partial charge in [-0.1, -0.05) is 29.3 Å². The molecule has 4 rings (SSSR count). The second kappa shape index (κ2) is 9.38. The number of carbonyl (C=O) groups is 3. The van der Waals surface area contributed by atoms with Crippen molar-refractivity contribution in [2.75, 3.05) is 11.9 Å². The van der Waals surface area contributed by atoms with Gasteiger partial charge < -0.3 is 9.73 Å². The van der Waals surface area contributed by atoms with Gasteiger partial charge in [0, 0.05) is 17.7 Å². The normalized spacial score (nSPS) is 14.9. The second-order valence-corrected chi connectivity index (χ2v) is 8.52. The van der Waals surface area contributed by atoms with Crippen LogP contribution >= 0.6 is 35.0 Å². The molecule has 3 amide bonds. The van der Waals surface area contributed by atoms with Crippen molar-refractivity contribution >= 4 is 63.8 Å². The number of furan rings is 1. The largest absolute Gasteiger partial charge is 0.457 e. The van der Waals surface area contributed by atoms with Crippen molar-refractivity contribution in [1.29, 1.82) is 0 Å². The van der Waals surface area contributed by atoms with Crippen LogP contribution in [0.25, 0.3) is 17.4 Å². The Morgan fingerprint density at radius 2 is 1.91 bits per heavy atom. The SMILES string of the molecule is O=C(CN1C(=O)S/C(=C/c2ccc(-c3cccc(Cl)c3Cl)o2)C1=O)Nc1ccc(F)cc1F. The average Bonchev–Trinajstić information content (AvgIpc) is 3.32. The Morgan fingerprint density at radius 1 is 1.12 bits per heavy atom. The molecule has 0 atom stereocenters. The van der Waals surface area contributed by atoms with Gasteiger partial charge in [-0.05, 0) is 48.2 Å². The molecule has 1 N–H and O–H groups in total. The quantitative estimate of drug-likeness (QED) is 0.414. The third-order valence-corrected chi connectivity index (χ3v) is 6.22. The highest BCUT2D eigenvalue weighted by Gasteiger charge is 2.36. The zero-order chi connectivity index (χ0) is 23.7. The smallest absolute Gasteiger partial charge is 0.294 e. The highest BCUT2D eigenvalue weighted by Crippen LogP contribution is 2.36. The van der Waals surface area contributed by atoms with E-state index in [0.29, 0.717) is 44.1 Å². The molecule has 0 unspecified atom stereocenters. The standard InChI is InChI=1S/C22H12Cl2F2N2O4S/c23-14-3-1-2-13(20(14)24)17-7-5-12(32-17)9-18-21(30)28(22(31)33-18)10-19(29)27-16-6-4-11(25)8-15(16)26/h1-9H,10H2,(H,27,29)/b18-9+. The van der Waals surface area contributed by atoms with Crippen molar-refractivity contribution in [3.63, 3.8) is 0 Å². The monoisotopic (exact) mass is 508 g/mol. The summed E-state index contributed by atoms with van der Waals surface area (Å²) in [6.45, 7) is -0.639. The first-order valence-electron chi connectivity index (χ1n) is 9.27. The number of amides is 3. The molecule has 1 aliphatic heterocycles. The number of rotatable bonds is 5. The molecule has 1 fully saturated rings. The Balaban J connectivity index is 1.47. The van der Waals surface area contributed by atoms with Crippen molar-refractivity contribution in [2.24, 2.45) is 0 Å². The predicted octanol–water partition coefficient (Wildman–Crippen LogP) is 6.21. The second-order valence-electron chi connectivity index (χ2n) is 6.74. The van der Waals surface area contributed by atoms with Crippen LogP contribution in [-0.4, -0.2) is 28.5 Å². The van der Waals surface area contributed by atoms with Gasteiger partial charge in [0.2, 0.25) is 5.91 Å². The van der Waals surface area contributed by atoms with E-state index in [1.807, 2.05) is 0 Å². The van der Waals surface area contributed by atoms with Crippen LogP contribution in [0.4, 0.5) is 19.3 Å². The molecular weight excluding hydrogens is 497 g/mol. The fourth-order valence-electron chi connectivity index (χ4n) is 2.96. The fraction of sp³-hybridized carbons (Fsp3) is 0.0455. The van der Waals surface area contributed by atoms with Gasteiger partial charge in [0.05, 0.1) is 20.6 Å². The van der Waals surface area contributed by atoms with Crippen molar-refractivity contribution in [3.05, 3.63) is 80.9 Å². The number of nitrogens with one attached hydrogen (secondary N) is 1. The van der Waals surface area contributed by atoms with E-state index in [1.165, 1.54) is 6.08 Å². The van der Waals surface area contributed by atoms with Gasteiger partial charge in [-0.3, -0.25) is 19.3 Å². The molecule has 1 aliphatic rings. The Labute approximate surface area is 200 Å². The Hall–Kier alpha value is -3.14. The van der Waals surface area contributed by atoms with Gasteiger partial charge in [-0.25, -0.2) is 8.78 Å². The van der Waals surface area contributed by atoms with E-state index in [4.69, 9.17) is 27.6 Å². The Bertz CT molecular complexity index is 1330. The summed E-state index contributed by atoms with van der Waals surface area (Å²) in [6.07, 6.45) is 1.37. The summed E-state index contributed by atoms with van der Waals surface area (Å²) in [5.74, 6) is -2.62. The minimum atomic E-state index is -0.981. The van der Waals surface area contributed by atoms with E-state index < -0.39 is 35.2 Å². The van der Waals surface area contributed by atoms with Crippen molar-refractivity contribution in [1.82, 2.24) is 4.90 Å². The molecule has 2 heterocycles. The minimum Gasteiger partial charge on any atom is -0.457 e. The number of hydrogen-bond acceptors (Lipinski definition) is 5. The van der Waals surface area contributed by atoms with Crippen LogP contribution in [0.2, 0.25) is 10.0 Å². The number of halogens is 4. The number of anilines is 1. The van der Waals surface area contributed by atoms with Crippen LogP contribution in [0.1, 0.15) is 5.76 Å². The summed E-state index contributed by atoms with van der Waals surface area (Å²) < 4.78 is 32.4. The number of imide groups is 1. The lowest BCUT2D eigenvalue weighted by Gasteiger charge is -2.12. The summed E-state index contributed by atoms with van der Waals surface area (Å²) in [5.41, 5.74) is 0.285. The fourth-order valence-corrected chi connectivity index (χ4v) is 4.17. The van der Waals surface area contributed by atoms with Crippen LogP contribution in [-0.2, 0) is 9.59 Å². The van der Waals surface area contributed by atoms with Crippen LogP contribution < -0.4 is 5.32 Å². The van der Waals surface area contributed by atoms with Crippen LogP contribution in [0.15, 0.2) is 57.9 Å². The lowest BCUT2D eigenvalue weighted by atomic mass is 10.2. The van der Waals surface area contributed by atoms with Gasteiger partial charge in [-0.2, -0.15) is 0 Å². The first-order chi connectivity index (χ1) is 15.7. The zero-order valence-corrected chi connectivity index (χ0v) is 18.7. The maximum Gasteiger partial charge on any atom is 0.294 e. The lowest BCUT2D eigenvalue weighted by Crippen LogP contribution is -2.36. The van der Waals surface area contributed by atoms with Gasteiger partial charge in [0.15, 0.2) is 0 Å². The van der Waals surface area contributed by atoms with Crippen molar-refractivity contribution in [3.8, 4) is 11.3 Å². The molecule has 0 spiro atoms. The number of nitrogens with zero attached hydrogens (tertiary/aromatic N) is 1. The molecule has 3 aromatic rings. The molecule has 1 saturated heterocycles. The van der Waals surface area contributed by atoms with E-state index in [1.54, 1.807) is 30.3 Å². The molecule has 0 radical (unpaired) electrons. The van der Waals surface area contributed by atoms with Gasteiger partial charge >= 0.3 is 0 Å². The van der Waals surface area contributed by atoms with E-state index in [9.17, 15) is 23.2 Å². The molecular formula is C22H12Cl2F2N2O4S. The number of hydrogen-bond donors (Lipinski definition) is 1. The van der Waals surface area contributed by atoms with Crippen LogP contribution in [0.5, 0.6) is 0 Å². The number of thioether (sulfide) groups is 1. The van der Waals surface area contributed by atoms with Crippen LogP contribution in [0, 0.1) is 11.6 Å². The predicted molar refractivity (Wildman–Crippen MR) is 122 cm³/mol. The molecule has 168 valence electrons. The maximum atomic E-state index is 13.7. The molecule has 6 nitrogen and oxygen atoms in total. The number of benzene rings is 2. The highest BCUT2D eigenvalue weighted by molar-refractivity contribution is 8.18. The minimum absolute atomic E-state index is 0.0406. The third kappa shape index (κ3) is 4.95. The Morgan fingerprint density at radius 3 is 2.67 bits per heavy atom. The molecule has 1 aromatic heterocycles. The van der Waals surface area contributed by atoms with E-state index in [2.05, 4.69) is 5.32 Å². The molecule has 0 saturated carbocycles. The topological polar surface area (TPSA) is 79.6 Å². The van der Waals surface area contributed by atoms with Crippen LogP contribution in [0.3, 0.4) is 0 Å². The summed E-state index contributed by atoms with van der Waals surface area (Å²) in [7, 11) is 0. The van der Waals surface area contributed by atoms with Gasteiger partial charge in [0.1, 0.15) is 29.7 Å². The third-order valence-electron chi connectivity index (χ3n) is 4.50. The molecule has 2 aromatic carbocycles.